The van der Waals surface area contributed by atoms with E-state index in [1.54, 1.807) is 0 Å². The molecular formula is C7H14N2O. The number of aliphatic hydroxyl groups excluding tert-OH is 1. The number of aliphatic hydroxyl groups is 1. The van der Waals surface area contributed by atoms with E-state index in [0.717, 1.165) is 0 Å². The molecule has 0 aliphatic heterocycles. The molecule has 0 unspecified atom stereocenters. The Balaban J connectivity index is 3.54. The van der Waals surface area contributed by atoms with Gasteiger partial charge < -0.3 is 5.11 Å². The second-order valence-corrected chi connectivity index (χ2v) is 2.87. The van der Waals surface area contributed by atoms with Crippen molar-refractivity contribution in [1.29, 1.82) is 5.26 Å². The fraction of sp³-hybridized carbons (Fsp3) is 0.857. The monoisotopic (exact) mass is 142 g/mol. The average molecular weight is 142 g/mol. The standard InChI is InChI=1S/C7H14N2O/c1-7(2,3-6-10)9-5-4-8/h9-10H,3,5-6H2,1-2H3. The maximum atomic E-state index is 8.58. The predicted molar refractivity (Wildman–Crippen MR) is 39.4 cm³/mol. The molecule has 0 saturated heterocycles. The first-order valence-electron chi connectivity index (χ1n) is 3.35. The van der Waals surface area contributed by atoms with Crippen molar-refractivity contribution in [3.8, 4) is 6.07 Å². The van der Waals surface area contributed by atoms with Crippen LogP contribution in [0.3, 0.4) is 0 Å². The van der Waals surface area contributed by atoms with E-state index < -0.39 is 0 Å². The van der Waals surface area contributed by atoms with Gasteiger partial charge in [-0.15, -0.1) is 0 Å². The molecule has 10 heavy (non-hydrogen) atoms. The Morgan fingerprint density at radius 1 is 1.60 bits per heavy atom. The van der Waals surface area contributed by atoms with Crippen LogP contribution in [0.4, 0.5) is 0 Å². The zero-order chi connectivity index (χ0) is 8.04. The van der Waals surface area contributed by atoms with Gasteiger partial charge in [-0.3, -0.25) is 5.32 Å². The number of rotatable bonds is 4. The summed E-state index contributed by atoms with van der Waals surface area (Å²) >= 11 is 0. The number of hydrogen-bond donors (Lipinski definition) is 2. The van der Waals surface area contributed by atoms with Gasteiger partial charge in [0.25, 0.3) is 0 Å². The Kier molecular flexibility index (Phi) is 4.01. The van der Waals surface area contributed by atoms with E-state index in [2.05, 4.69) is 5.32 Å². The lowest BCUT2D eigenvalue weighted by Gasteiger charge is -2.23. The van der Waals surface area contributed by atoms with Crippen LogP contribution >= 0.6 is 0 Å². The van der Waals surface area contributed by atoms with Crippen LogP contribution in [0.5, 0.6) is 0 Å². The van der Waals surface area contributed by atoms with E-state index >= 15 is 0 Å². The zero-order valence-electron chi connectivity index (χ0n) is 6.52. The predicted octanol–water partition coefficient (Wildman–Crippen LogP) is 0.261. The zero-order valence-corrected chi connectivity index (χ0v) is 6.52. The second-order valence-electron chi connectivity index (χ2n) is 2.87. The number of hydrogen-bond acceptors (Lipinski definition) is 3. The Morgan fingerprint density at radius 3 is 2.60 bits per heavy atom. The highest BCUT2D eigenvalue weighted by molar-refractivity contribution is 4.83. The molecule has 2 N–H and O–H groups in total. The second kappa shape index (κ2) is 4.26. The lowest BCUT2D eigenvalue weighted by molar-refractivity contribution is 0.235. The maximum Gasteiger partial charge on any atom is 0.0845 e. The molecule has 0 spiro atoms. The summed E-state index contributed by atoms with van der Waals surface area (Å²) in [6.07, 6.45) is 0.675. The molecule has 0 aromatic carbocycles. The highest BCUT2D eigenvalue weighted by atomic mass is 16.3. The quantitative estimate of drug-likeness (QED) is 0.554. The van der Waals surface area contributed by atoms with Gasteiger partial charge in [0.15, 0.2) is 0 Å². The van der Waals surface area contributed by atoms with Gasteiger partial charge in [-0.05, 0) is 20.3 Å². The fourth-order valence-electron chi connectivity index (χ4n) is 0.647. The third-order valence-electron chi connectivity index (χ3n) is 1.38. The molecule has 3 nitrogen and oxygen atoms in total. The van der Waals surface area contributed by atoms with Crippen LogP contribution in [0.15, 0.2) is 0 Å². The van der Waals surface area contributed by atoms with E-state index in [1.165, 1.54) is 0 Å². The molecule has 0 atom stereocenters. The maximum absolute atomic E-state index is 8.58. The van der Waals surface area contributed by atoms with Crippen molar-refractivity contribution in [1.82, 2.24) is 5.32 Å². The van der Waals surface area contributed by atoms with Crippen molar-refractivity contribution in [3.05, 3.63) is 0 Å². The number of nitrogens with zero attached hydrogens (tertiary/aromatic N) is 1. The van der Waals surface area contributed by atoms with Crippen LogP contribution in [-0.2, 0) is 0 Å². The average Bonchev–Trinajstić information content (AvgIpc) is 1.84. The lowest BCUT2D eigenvalue weighted by atomic mass is 10.0. The van der Waals surface area contributed by atoms with E-state index in [0.29, 0.717) is 13.0 Å². The van der Waals surface area contributed by atoms with Crippen molar-refractivity contribution in [2.45, 2.75) is 25.8 Å². The summed E-state index contributed by atoms with van der Waals surface area (Å²) in [6, 6.07) is 1.99. The van der Waals surface area contributed by atoms with E-state index in [-0.39, 0.29) is 12.1 Å². The molecule has 0 rings (SSSR count). The molecule has 0 aliphatic rings. The third-order valence-corrected chi connectivity index (χ3v) is 1.38. The molecule has 0 aromatic rings. The first kappa shape index (κ1) is 9.41. The highest BCUT2D eigenvalue weighted by Gasteiger charge is 2.14. The molecule has 0 fully saturated rings. The van der Waals surface area contributed by atoms with Gasteiger partial charge in [0.2, 0.25) is 0 Å². The minimum atomic E-state index is -0.121. The Bertz CT molecular complexity index is 126. The summed E-state index contributed by atoms with van der Waals surface area (Å²) in [5.41, 5.74) is -0.121. The molecule has 0 amide bonds. The SMILES string of the molecule is CC(C)(CCO)NCC#N. The van der Waals surface area contributed by atoms with Crippen LogP contribution in [0.2, 0.25) is 0 Å². The number of nitrogens with one attached hydrogen (secondary N) is 1. The minimum Gasteiger partial charge on any atom is -0.396 e. The van der Waals surface area contributed by atoms with Crippen LogP contribution < -0.4 is 5.32 Å². The molecule has 3 heteroatoms. The Hall–Kier alpha value is -0.590. The molecule has 0 radical (unpaired) electrons. The molecule has 0 aliphatic carbocycles. The molecule has 0 aromatic heterocycles. The van der Waals surface area contributed by atoms with Crippen LogP contribution in [-0.4, -0.2) is 23.8 Å². The van der Waals surface area contributed by atoms with Gasteiger partial charge in [-0.2, -0.15) is 5.26 Å². The minimum absolute atomic E-state index is 0.121. The van der Waals surface area contributed by atoms with Gasteiger partial charge in [-0.1, -0.05) is 0 Å². The van der Waals surface area contributed by atoms with Crippen molar-refractivity contribution < 1.29 is 5.11 Å². The topological polar surface area (TPSA) is 56.0 Å². The van der Waals surface area contributed by atoms with Crippen molar-refractivity contribution in [2.24, 2.45) is 0 Å². The van der Waals surface area contributed by atoms with Crippen molar-refractivity contribution in [2.75, 3.05) is 13.2 Å². The Morgan fingerprint density at radius 2 is 2.20 bits per heavy atom. The first-order chi connectivity index (χ1) is 4.62. The molecule has 0 bridgehead atoms. The summed E-state index contributed by atoms with van der Waals surface area (Å²) in [4.78, 5) is 0. The van der Waals surface area contributed by atoms with Crippen molar-refractivity contribution in [3.63, 3.8) is 0 Å². The smallest absolute Gasteiger partial charge is 0.0845 e. The normalized spacial score (nSPS) is 11.0. The summed E-state index contributed by atoms with van der Waals surface area (Å²) < 4.78 is 0. The summed E-state index contributed by atoms with van der Waals surface area (Å²) in [5, 5.41) is 19.8. The molecule has 58 valence electrons. The summed E-state index contributed by atoms with van der Waals surface area (Å²) in [7, 11) is 0. The van der Waals surface area contributed by atoms with E-state index in [9.17, 15) is 0 Å². The largest absolute Gasteiger partial charge is 0.396 e. The highest BCUT2D eigenvalue weighted by Crippen LogP contribution is 2.05. The Labute approximate surface area is 61.7 Å². The van der Waals surface area contributed by atoms with Gasteiger partial charge >= 0.3 is 0 Å². The first-order valence-corrected chi connectivity index (χ1v) is 3.35. The summed E-state index contributed by atoms with van der Waals surface area (Å²) in [5.74, 6) is 0. The van der Waals surface area contributed by atoms with Crippen LogP contribution in [0.25, 0.3) is 0 Å². The number of nitriles is 1. The fourth-order valence-corrected chi connectivity index (χ4v) is 0.647. The summed E-state index contributed by atoms with van der Waals surface area (Å²) in [6.45, 7) is 4.42. The van der Waals surface area contributed by atoms with Gasteiger partial charge in [0.05, 0.1) is 12.6 Å². The lowest BCUT2D eigenvalue weighted by Crippen LogP contribution is -2.40. The molecule has 0 heterocycles. The molecule has 0 saturated carbocycles. The van der Waals surface area contributed by atoms with Gasteiger partial charge in [-0.25, -0.2) is 0 Å². The van der Waals surface area contributed by atoms with Crippen LogP contribution in [0.1, 0.15) is 20.3 Å². The van der Waals surface area contributed by atoms with E-state index in [4.69, 9.17) is 10.4 Å². The molecular weight excluding hydrogens is 128 g/mol. The van der Waals surface area contributed by atoms with Crippen molar-refractivity contribution >= 4 is 0 Å². The van der Waals surface area contributed by atoms with Gasteiger partial charge in [0.1, 0.15) is 0 Å². The third kappa shape index (κ3) is 4.30. The van der Waals surface area contributed by atoms with E-state index in [1.807, 2.05) is 19.9 Å². The van der Waals surface area contributed by atoms with Gasteiger partial charge in [0, 0.05) is 12.1 Å². The van der Waals surface area contributed by atoms with Crippen LogP contribution in [0, 0.1) is 11.3 Å².